The Morgan fingerprint density at radius 1 is 0.935 bits per heavy atom. The topological polar surface area (TPSA) is 85.3 Å². The van der Waals surface area contributed by atoms with E-state index in [1.807, 2.05) is 11.8 Å². The van der Waals surface area contributed by atoms with Crippen LogP contribution in [0.1, 0.15) is 53.4 Å². The molecular formula is C21H42IN5O3S. The minimum atomic E-state index is -3.18. The Bertz CT molecular complexity index is 678. The van der Waals surface area contributed by atoms with E-state index in [0.717, 1.165) is 64.6 Å². The lowest BCUT2D eigenvalue weighted by molar-refractivity contribution is -0.132. The largest absolute Gasteiger partial charge is 0.357 e. The molecule has 2 heterocycles. The highest BCUT2D eigenvalue weighted by atomic mass is 127. The molecule has 0 unspecified atom stereocenters. The van der Waals surface area contributed by atoms with Crippen LogP contribution >= 0.6 is 24.0 Å². The first-order valence-corrected chi connectivity index (χ1v) is 13.0. The summed E-state index contributed by atoms with van der Waals surface area (Å²) in [5, 5.41) is 3.28. The van der Waals surface area contributed by atoms with Crippen LogP contribution in [0.4, 0.5) is 0 Å². The van der Waals surface area contributed by atoms with Crippen LogP contribution in [0.15, 0.2) is 4.99 Å². The van der Waals surface area contributed by atoms with E-state index in [0.29, 0.717) is 6.54 Å². The van der Waals surface area contributed by atoms with E-state index in [2.05, 4.69) is 20.1 Å². The Labute approximate surface area is 206 Å². The number of hydrogen-bond donors (Lipinski definition) is 1. The number of sulfone groups is 1. The van der Waals surface area contributed by atoms with Crippen molar-refractivity contribution in [2.75, 3.05) is 64.7 Å². The number of piperazine rings is 1. The summed E-state index contributed by atoms with van der Waals surface area (Å²) in [6, 6.07) is 0. The fourth-order valence-corrected chi connectivity index (χ4v) is 4.68. The van der Waals surface area contributed by atoms with Crippen LogP contribution in [0.3, 0.4) is 0 Å². The second-order valence-electron chi connectivity index (χ2n) is 9.23. The van der Waals surface area contributed by atoms with Crippen LogP contribution in [0.5, 0.6) is 0 Å². The number of rotatable bonds is 6. The van der Waals surface area contributed by atoms with Gasteiger partial charge in [0, 0.05) is 45.8 Å². The van der Waals surface area contributed by atoms with E-state index in [4.69, 9.17) is 0 Å². The summed E-state index contributed by atoms with van der Waals surface area (Å²) in [7, 11) is -3.18. The molecule has 2 rings (SSSR count). The molecule has 2 saturated heterocycles. The zero-order valence-electron chi connectivity index (χ0n) is 19.7. The molecule has 1 N–H and O–H groups in total. The summed E-state index contributed by atoms with van der Waals surface area (Å²) in [5.41, 5.74) is 0. The summed E-state index contributed by atoms with van der Waals surface area (Å²) in [6.07, 6.45) is 4.69. The Hall–Kier alpha value is -0.620. The van der Waals surface area contributed by atoms with Gasteiger partial charge in [-0.15, -0.1) is 24.0 Å². The molecular weight excluding hydrogens is 529 g/mol. The second kappa shape index (κ2) is 13.2. The number of nitrogens with one attached hydrogen (secondary N) is 1. The first kappa shape index (κ1) is 28.4. The number of likely N-dealkylation sites (tertiary alicyclic amines) is 1. The monoisotopic (exact) mass is 571 g/mol. The molecule has 0 radical (unpaired) electrons. The average Bonchev–Trinajstić information content (AvgIpc) is 2.96. The molecule has 0 atom stereocenters. The van der Waals surface area contributed by atoms with Crippen LogP contribution < -0.4 is 5.32 Å². The van der Waals surface area contributed by atoms with E-state index in [9.17, 15) is 13.2 Å². The maximum absolute atomic E-state index is 12.6. The van der Waals surface area contributed by atoms with Gasteiger partial charge in [0.1, 0.15) is 0 Å². The molecule has 0 aromatic heterocycles. The Kier molecular flexibility index (Phi) is 12.1. The number of aliphatic imine (C=N–C) groups is 1. The predicted molar refractivity (Wildman–Crippen MR) is 138 cm³/mol. The number of carbonyl (C=O) groups is 1. The van der Waals surface area contributed by atoms with Gasteiger partial charge in [0.15, 0.2) is 15.8 Å². The van der Waals surface area contributed by atoms with Crippen molar-refractivity contribution in [3.05, 3.63) is 0 Å². The first-order chi connectivity index (χ1) is 14.1. The highest BCUT2D eigenvalue weighted by Gasteiger charge is 2.28. The highest BCUT2D eigenvalue weighted by molar-refractivity contribution is 14.0. The summed E-state index contributed by atoms with van der Waals surface area (Å²) in [4.78, 5) is 23.6. The third-order valence-electron chi connectivity index (χ3n) is 5.88. The molecule has 10 heteroatoms. The van der Waals surface area contributed by atoms with Gasteiger partial charge in [-0.3, -0.25) is 14.7 Å². The predicted octanol–water partition coefficient (Wildman–Crippen LogP) is 1.80. The minimum Gasteiger partial charge on any atom is -0.357 e. The summed E-state index contributed by atoms with van der Waals surface area (Å²) >= 11 is 0. The standard InChI is InChI=1S/C21H41N5O3S.HI/c1-5-22-20(23-10-17-30(28,29)21(2,3)4)26-15-13-24(14-16-26)18-19(27)25-11-8-6-7-9-12-25;/h5-18H2,1-4H3,(H,22,23);1H. The van der Waals surface area contributed by atoms with Gasteiger partial charge in [-0.25, -0.2) is 8.42 Å². The van der Waals surface area contributed by atoms with Crippen molar-refractivity contribution in [3.8, 4) is 0 Å². The van der Waals surface area contributed by atoms with Crippen LogP contribution in [0.2, 0.25) is 0 Å². The summed E-state index contributed by atoms with van der Waals surface area (Å²) < 4.78 is 23.9. The zero-order chi connectivity index (χ0) is 22.2. The van der Waals surface area contributed by atoms with Crippen molar-refractivity contribution in [3.63, 3.8) is 0 Å². The van der Waals surface area contributed by atoms with Crippen LogP contribution in [-0.4, -0.2) is 104 Å². The first-order valence-electron chi connectivity index (χ1n) is 11.4. The quantitative estimate of drug-likeness (QED) is 0.298. The van der Waals surface area contributed by atoms with Crippen molar-refractivity contribution >= 4 is 45.7 Å². The van der Waals surface area contributed by atoms with Crippen molar-refractivity contribution in [2.45, 2.75) is 58.1 Å². The van der Waals surface area contributed by atoms with Gasteiger partial charge in [-0.2, -0.15) is 0 Å². The smallest absolute Gasteiger partial charge is 0.236 e. The lowest BCUT2D eigenvalue weighted by Crippen LogP contribution is -2.54. The minimum absolute atomic E-state index is 0. The van der Waals surface area contributed by atoms with Crippen molar-refractivity contribution in [2.24, 2.45) is 4.99 Å². The number of guanidine groups is 1. The summed E-state index contributed by atoms with van der Waals surface area (Å²) in [5.74, 6) is 1.06. The van der Waals surface area contributed by atoms with Crippen LogP contribution in [0.25, 0.3) is 0 Å². The molecule has 0 aliphatic carbocycles. The maximum Gasteiger partial charge on any atom is 0.236 e. The molecule has 0 saturated carbocycles. The molecule has 31 heavy (non-hydrogen) atoms. The van der Waals surface area contributed by atoms with E-state index in [-0.39, 0.29) is 42.2 Å². The number of halogens is 1. The van der Waals surface area contributed by atoms with Crippen molar-refractivity contribution in [1.29, 1.82) is 0 Å². The fourth-order valence-electron chi connectivity index (χ4n) is 3.73. The van der Waals surface area contributed by atoms with E-state index >= 15 is 0 Å². The van der Waals surface area contributed by atoms with Gasteiger partial charge in [0.05, 0.1) is 23.6 Å². The van der Waals surface area contributed by atoms with Crippen LogP contribution in [-0.2, 0) is 14.6 Å². The lowest BCUT2D eigenvalue weighted by Gasteiger charge is -2.37. The molecule has 0 bridgehead atoms. The number of nitrogens with zero attached hydrogens (tertiary/aromatic N) is 4. The molecule has 0 spiro atoms. The molecule has 1 amide bonds. The van der Waals surface area contributed by atoms with Crippen molar-refractivity contribution < 1.29 is 13.2 Å². The number of carbonyl (C=O) groups excluding carboxylic acids is 1. The molecule has 2 aliphatic heterocycles. The van der Waals surface area contributed by atoms with E-state index < -0.39 is 14.6 Å². The SMILES string of the molecule is CCNC(=NCCS(=O)(=O)C(C)(C)C)N1CCN(CC(=O)N2CCCCCC2)CC1.I. The Morgan fingerprint density at radius 3 is 2.03 bits per heavy atom. The lowest BCUT2D eigenvalue weighted by atomic mass is 10.2. The van der Waals surface area contributed by atoms with E-state index in [1.165, 1.54) is 12.8 Å². The molecule has 2 aliphatic rings. The molecule has 182 valence electrons. The van der Waals surface area contributed by atoms with Gasteiger partial charge < -0.3 is 15.1 Å². The number of hydrogen-bond acceptors (Lipinski definition) is 5. The zero-order valence-corrected chi connectivity index (χ0v) is 22.9. The summed E-state index contributed by atoms with van der Waals surface area (Å²) in [6.45, 7) is 13.7. The third-order valence-corrected chi connectivity index (χ3v) is 8.47. The molecule has 0 aromatic rings. The van der Waals surface area contributed by atoms with Crippen molar-refractivity contribution in [1.82, 2.24) is 20.0 Å². The normalized spacial score (nSPS) is 19.5. The Balaban J connectivity index is 0.00000480. The number of amides is 1. The van der Waals surface area contributed by atoms with Crippen LogP contribution in [0, 0.1) is 0 Å². The average molecular weight is 572 g/mol. The molecule has 8 nitrogen and oxygen atoms in total. The van der Waals surface area contributed by atoms with Gasteiger partial charge >= 0.3 is 0 Å². The van der Waals surface area contributed by atoms with Gasteiger partial charge in [0.25, 0.3) is 0 Å². The van der Waals surface area contributed by atoms with Gasteiger partial charge in [0.2, 0.25) is 5.91 Å². The second-order valence-corrected chi connectivity index (χ2v) is 12.1. The Morgan fingerprint density at radius 2 is 1.52 bits per heavy atom. The van der Waals surface area contributed by atoms with Gasteiger partial charge in [-0.1, -0.05) is 12.8 Å². The third kappa shape index (κ3) is 9.03. The highest BCUT2D eigenvalue weighted by Crippen LogP contribution is 2.16. The van der Waals surface area contributed by atoms with Gasteiger partial charge in [-0.05, 0) is 40.5 Å². The fraction of sp³-hybridized carbons (Fsp3) is 0.905. The molecule has 0 aromatic carbocycles. The maximum atomic E-state index is 12.6. The van der Waals surface area contributed by atoms with E-state index in [1.54, 1.807) is 20.8 Å². The molecule has 2 fully saturated rings.